The fourth-order valence-electron chi connectivity index (χ4n) is 6.68. The Labute approximate surface area is 286 Å². The van der Waals surface area contributed by atoms with Gasteiger partial charge in [0.1, 0.15) is 30.2 Å². The average Bonchev–Trinajstić information content (AvgIpc) is 3.11. The minimum atomic E-state index is -0.620. The van der Waals surface area contributed by atoms with Gasteiger partial charge < -0.3 is 28.4 Å². The van der Waals surface area contributed by atoms with Crippen LogP contribution in [0.4, 0.5) is 0 Å². The van der Waals surface area contributed by atoms with E-state index in [1.54, 1.807) is 0 Å². The number of unbranched alkanes of at least 4 members (excludes halogenated alkanes) is 16. The lowest BCUT2D eigenvalue weighted by Gasteiger charge is -2.48. The van der Waals surface area contributed by atoms with Crippen molar-refractivity contribution in [2.24, 2.45) is 0 Å². The van der Waals surface area contributed by atoms with E-state index in [4.69, 9.17) is 28.4 Å². The first-order valence-corrected chi connectivity index (χ1v) is 19.2. The van der Waals surface area contributed by atoms with Gasteiger partial charge in [-0.1, -0.05) is 165 Å². The Hall–Kier alpha value is -1.96. The number of benzene rings is 2. The van der Waals surface area contributed by atoms with Crippen molar-refractivity contribution >= 4 is 0 Å². The predicted molar refractivity (Wildman–Crippen MR) is 190 cm³/mol. The van der Waals surface area contributed by atoms with Gasteiger partial charge in [-0.15, -0.1) is 0 Å². The van der Waals surface area contributed by atoms with Crippen LogP contribution in [0.3, 0.4) is 0 Å². The van der Waals surface area contributed by atoms with Crippen LogP contribution in [0, 0.1) is 0 Å². The van der Waals surface area contributed by atoms with Crippen molar-refractivity contribution in [2.45, 2.75) is 166 Å². The molecular weight excluding hydrogens is 588 g/mol. The maximum atomic E-state index is 6.75. The molecule has 0 aromatic heterocycles. The summed E-state index contributed by atoms with van der Waals surface area (Å²) in [6.07, 6.45) is 20.5. The van der Waals surface area contributed by atoms with Gasteiger partial charge in [-0.3, -0.25) is 0 Å². The molecular formula is C41H64O6. The predicted octanol–water partition coefficient (Wildman–Crippen LogP) is 10.7. The molecule has 0 N–H and O–H groups in total. The second-order valence-electron chi connectivity index (χ2n) is 13.5. The Morgan fingerprint density at radius 2 is 1.04 bits per heavy atom. The van der Waals surface area contributed by atoms with E-state index in [0.29, 0.717) is 19.8 Å². The first kappa shape index (κ1) is 37.9. The maximum Gasteiger partial charge on any atom is 0.229 e. The summed E-state index contributed by atoms with van der Waals surface area (Å²) in [5.74, 6) is 0.755. The molecule has 2 aromatic rings. The highest BCUT2D eigenvalue weighted by atomic mass is 16.8. The van der Waals surface area contributed by atoms with Crippen LogP contribution in [0.15, 0.2) is 60.7 Å². The molecule has 6 nitrogen and oxygen atoms in total. The van der Waals surface area contributed by atoms with Crippen molar-refractivity contribution in [3.63, 3.8) is 0 Å². The molecule has 0 spiro atoms. The third kappa shape index (κ3) is 13.8. The van der Waals surface area contributed by atoms with Gasteiger partial charge in [0.25, 0.3) is 0 Å². The van der Waals surface area contributed by atoms with Gasteiger partial charge in [0.05, 0.1) is 6.61 Å². The molecule has 2 aliphatic heterocycles. The van der Waals surface area contributed by atoms with Crippen LogP contribution < -0.4 is 4.74 Å². The highest BCUT2D eigenvalue weighted by molar-refractivity contribution is 5.21. The lowest BCUT2D eigenvalue weighted by atomic mass is 9.97. The zero-order chi connectivity index (χ0) is 32.8. The first-order valence-electron chi connectivity index (χ1n) is 19.2. The third-order valence-electron chi connectivity index (χ3n) is 9.47. The molecule has 47 heavy (non-hydrogen) atoms. The number of hydrogen-bond donors (Lipinski definition) is 0. The summed E-state index contributed by atoms with van der Waals surface area (Å²) < 4.78 is 39.3. The normalized spacial score (nSPS) is 24.2. The monoisotopic (exact) mass is 652 g/mol. The van der Waals surface area contributed by atoms with Crippen molar-refractivity contribution in [2.75, 3.05) is 19.8 Å². The fourth-order valence-corrected chi connectivity index (χ4v) is 6.68. The van der Waals surface area contributed by atoms with Gasteiger partial charge in [-0.25, -0.2) is 0 Å². The van der Waals surface area contributed by atoms with Crippen LogP contribution in [0.5, 0.6) is 5.75 Å². The molecule has 2 saturated heterocycles. The van der Waals surface area contributed by atoms with E-state index in [1.165, 1.54) is 103 Å². The SMILES string of the molecule is CCCCCCCCCCCO[C@@H]1[C@@H](OCCCCCCCCCCC)[C@H](Oc2ccccc2)O[C@@H]2CO[C@@H](c3ccccc3)O[C@@H]12. The lowest BCUT2D eigenvalue weighted by molar-refractivity contribution is -0.359. The van der Waals surface area contributed by atoms with Crippen molar-refractivity contribution in [3.05, 3.63) is 66.2 Å². The molecule has 0 radical (unpaired) electrons. The maximum absolute atomic E-state index is 6.75. The number of ether oxygens (including phenoxy) is 6. The highest BCUT2D eigenvalue weighted by Gasteiger charge is 2.52. The molecule has 0 aliphatic carbocycles. The third-order valence-corrected chi connectivity index (χ3v) is 9.47. The van der Waals surface area contributed by atoms with Crippen LogP contribution in [-0.2, 0) is 23.7 Å². The molecule has 6 atom stereocenters. The number of para-hydroxylation sites is 1. The zero-order valence-electron chi connectivity index (χ0n) is 29.5. The Morgan fingerprint density at radius 1 is 0.553 bits per heavy atom. The molecule has 2 fully saturated rings. The topological polar surface area (TPSA) is 55.4 Å². The van der Waals surface area contributed by atoms with Gasteiger partial charge in [0, 0.05) is 18.8 Å². The molecule has 6 heteroatoms. The van der Waals surface area contributed by atoms with E-state index in [2.05, 4.69) is 13.8 Å². The number of fused-ring (bicyclic) bond motifs is 1. The van der Waals surface area contributed by atoms with Crippen LogP contribution in [-0.4, -0.2) is 50.5 Å². The first-order chi connectivity index (χ1) is 23.3. The van der Waals surface area contributed by atoms with E-state index >= 15 is 0 Å². The van der Waals surface area contributed by atoms with E-state index in [-0.39, 0.29) is 18.3 Å². The summed E-state index contributed by atoms with van der Waals surface area (Å²) in [4.78, 5) is 0. The highest BCUT2D eigenvalue weighted by Crippen LogP contribution is 2.37. The molecule has 0 saturated carbocycles. The van der Waals surface area contributed by atoms with Gasteiger partial charge in [-0.2, -0.15) is 0 Å². The molecule has 2 aromatic carbocycles. The zero-order valence-corrected chi connectivity index (χ0v) is 29.5. The van der Waals surface area contributed by atoms with Crippen molar-refractivity contribution in [1.29, 1.82) is 0 Å². The molecule has 2 heterocycles. The molecule has 2 aliphatic rings. The Bertz CT molecular complexity index is 1020. The number of rotatable bonds is 25. The molecule has 0 bridgehead atoms. The van der Waals surface area contributed by atoms with Crippen LogP contribution >= 0.6 is 0 Å². The minimum Gasteiger partial charge on any atom is -0.462 e. The second-order valence-corrected chi connectivity index (χ2v) is 13.5. The largest absolute Gasteiger partial charge is 0.462 e. The van der Waals surface area contributed by atoms with E-state index < -0.39 is 18.7 Å². The van der Waals surface area contributed by atoms with E-state index in [9.17, 15) is 0 Å². The van der Waals surface area contributed by atoms with Crippen molar-refractivity contribution < 1.29 is 28.4 Å². The van der Waals surface area contributed by atoms with Gasteiger partial charge in [0.15, 0.2) is 6.29 Å². The molecule has 4 rings (SSSR count). The summed E-state index contributed by atoms with van der Waals surface area (Å²) >= 11 is 0. The van der Waals surface area contributed by atoms with Gasteiger partial charge in [0.2, 0.25) is 6.29 Å². The smallest absolute Gasteiger partial charge is 0.229 e. The summed E-state index contributed by atoms with van der Waals surface area (Å²) in [6.45, 7) is 6.26. The van der Waals surface area contributed by atoms with Gasteiger partial charge >= 0.3 is 0 Å². The summed E-state index contributed by atoms with van der Waals surface area (Å²) in [6, 6.07) is 20.0. The van der Waals surface area contributed by atoms with Crippen LogP contribution in [0.1, 0.15) is 141 Å². The standard InChI is InChI=1S/C41H64O6/c1-3-5-7-9-11-13-15-17-25-31-42-38-37-36(33-44-40(47-37)34-27-21-19-22-28-34)46-41(45-35-29-23-20-24-30-35)39(38)43-32-26-18-16-14-12-10-8-6-4-2/h19-24,27-30,36-41H,3-18,25-26,31-33H2,1-2H3/t36-,37-,38+,39-,40-,41-/m1/s1. The Morgan fingerprint density at radius 3 is 1.60 bits per heavy atom. The van der Waals surface area contributed by atoms with Crippen LogP contribution in [0.25, 0.3) is 0 Å². The molecule has 0 unspecified atom stereocenters. The minimum absolute atomic E-state index is 0.315. The summed E-state index contributed by atoms with van der Waals surface area (Å²) in [5, 5.41) is 0. The summed E-state index contributed by atoms with van der Waals surface area (Å²) in [7, 11) is 0. The second kappa shape index (κ2) is 23.4. The van der Waals surface area contributed by atoms with E-state index in [1.807, 2.05) is 60.7 Å². The average molecular weight is 653 g/mol. The van der Waals surface area contributed by atoms with Crippen LogP contribution in [0.2, 0.25) is 0 Å². The van der Waals surface area contributed by atoms with Crippen molar-refractivity contribution in [3.8, 4) is 5.75 Å². The fraction of sp³-hybridized carbons (Fsp3) is 0.707. The molecule has 0 amide bonds. The Kier molecular flexibility index (Phi) is 18.8. The Balaban J connectivity index is 1.37. The quantitative estimate of drug-likeness (QED) is 0.0995. The van der Waals surface area contributed by atoms with Crippen molar-refractivity contribution in [1.82, 2.24) is 0 Å². The lowest BCUT2D eigenvalue weighted by Crippen LogP contribution is -2.64. The number of hydrogen-bond acceptors (Lipinski definition) is 6. The summed E-state index contributed by atoms with van der Waals surface area (Å²) in [5.41, 5.74) is 0.999. The van der Waals surface area contributed by atoms with Gasteiger partial charge in [-0.05, 0) is 25.0 Å². The molecule has 264 valence electrons. The van der Waals surface area contributed by atoms with E-state index in [0.717, 1.165) is 24.2 Å².